The Morgan fingerprint density at radius 2 is 2.15 bits per heavy atom. The van der Waals surface area contributed by atoms with Crippen molar-refractivity contribution in [2.24, 2.45) is 0 Å². The first-order valence-corrected chi connectivity index (χ1v) is 7.76. The number of imide groups is 1. The number of nitrogens with one attached hydrogen (secondary N) is 2. The average Bonchev–Trinajstić information content (AvgIpc) is 2.77. The molecule has 1 heterocycles. The Balaban J connectivity index is 2.01. The first-order chi connectivity index (χ1) is 9.63. The van der Waals surface area contributed by atoms with Crippen LogP contribution in [-0.4, -0.2) is 46.5 Å². The van der Waals surface area contributed by atoms with Gasteiger partial charge in [0, 0.05) is 6.54 Å². The highest BCUT2D eigenvalue weighted by Crippen LogP contribution is 2.29. The third kappa shape index (κ3) is 3.33. The number of hydrogen-bond acceptors (Lipinski definition) is 4. The van der Waals surface area contributed by atoms with Gasteiger partial charge < -0.3 is 10.6 Å². The molecule has 20 heavy (non-hydrogen) atoms. The van der Waals surface area contributed by atoms with Crippen LogP contribution in [0, 0.1) is 0 Å². The predicted molar refractivity (Wildman–Crippen MR) is 77.5 cm³/mol. The molecule has 0 unspecified atom stereocenters. The minimum atomic E-state index is -0.284. The number of nitrogens with zero attached hydrogens (tertiary/aromatic N) is 1. The van der Waals surface area contributed by atoms with E-state index >= 15 is 0 Å². The highest BCUT2D eigenvalue weighted by molar-refractivity contribution is 8.14. The topological polar surface area (TPSA) is 78.5 Å². The zero-order valence-corrected chi connectivity index (χ0v) is 12.1. The van der Waals surface area contributed by atoms with E-state index in [1.54, 1.807) is 6.08 Å². The molecule has 2 N–H and O–H groups in total. The second-order valence-electron chi connectivity index (χ2n) is 4.92. The molecule has 110 valence electrons. The van der Waals surface area contributed by atoms with Crippen LogP contribution in [0.2, 0.25) is 0 Å². The average molecular weight is 297 g/mol. The number of rotatable bonds is 4. The van der Waals surface area contributed by atoms with Gasteiger partial charge >= 0.3 is 6.03 Å². The standard InChI is InChI=1S/C13H19N3O3S/c1-2-7-14-12(18)15-9-5-3-4-6-10(9)16-11(17)8-20-13(16)19/h2,9-10H,1,3-8H2,(H2,14,15,18)/t9-,10+/m1/s1. The first-order valence-electron chi connectivity index (χ1n) is 6.77. The Morgan fingerprint density at radius 3 is 2.80 bits per heavy atom. The van der Waals surface area contributed by atoms with Crippen molar-refractivity contribution in [2.75, 3.05) is 12.3 Å². The SMILES string of the molecule is C=CCNC(=O)N[C@@H]1CCCC[C@@H]1N1C(=O)CSC1=O. The quantitative estimate of drug-likeness (QED) is 0.770. The van der Waals surface area contributed by atoms with Crippen molar-refractivity contribution in [1.82, 2.24) is 15.5 Å². The summed E-state index contributed by atoms with van der Waals surface area (Å²) >= 11 is 1.04. The third-order valence-corrected chi connectivity index (χ3v) is 4.40. The van der Waals surface area contributed by atoms with Crippen LogP contribution in [0.25, 0.3) is 0 Å². The Labute approximate surface area is 122 Å². The molecule has 7 heteroatoms. The van der Waals surface area contributed by atoms with Crippen molar-refractivity contribution in [3.63, 3.8) is 0 Å². The molecule has 0 aromatic carbocycles. The normalized spacial score (nSPS) is 26.5. The van der Waals surface area contributed by atoms with Crippen molar-refractivity contribution in [3.8, 4) is 0 Å². The lowest BCUT2D eigenvalue weighted by molar-refractivity contribution is -0.127. The van der Waals surface area contributed by atoms with Gasteiger partial charge in [-0.25, -0.2) is 4.79 Å². The summed E-state index contributed by atoms with van der Waals surface area (Å²) in [4.78, 5) is 36.7. The van der Waals surface area contributed by atoms with E-state index in [2.05, 4.69) is 17.2 Å². The fraction of sp³-hybridized carbons (Fsp3) is 0.615. The van der Waals surface area contributed by atoms with Crippen molar-refractivity contribution < 1.29 is 14.4 Å². The lowest BCUT2D eigenvalue weighted by Gasteiger charge is -2.36. The predicted octanol–water partition coefficient (Wildman–Crippen LogP) is 1.48. The smallest absolute Gasteiger partial charge is 0.315 e. The van der Waals surface area contributed by atoms with Crippen molar-refractivity contribution in [1.29, 1.82) is 0 Å². The molecule has 2 aliphatic rings. The number of hydrogen-bond donors (Lipinski definition) is 2. The van der Waals surface area contributed by atoms with Crippen molar-refractivity contribution >= 4 is 28.9 Å². The van der Waals surface area contributed by atoms with E-state index in [9.17, 15) is 14.4 Å². The maximum Gasteiger partial charge on any atom is 0.315 e. The van der Waals surface area contributed by atoms with Gasteiger partial charge in [0.2, 0.25) is 5.91 Å². The highest BCUT2D eigenvalue weighted by Gasteiger charge is 2.41. The molecule has 2 fully saturated rings. The zero-order valence-electron chi connectivity index (χ0n) is 11.3. The summed E-state index contributed by atoms with van der Waals surface area (Å²) in [5, 5.41) is 5.33. The molecule has 2 atom stereocenters. The van der Waals surface area contributed by atoms with E-state index in [-0.39, 0.29) is 35.0 Å². The van der Waals surface area contributed by atoms with Gasteiger partial charge in [0.15, 0.2) is 0 Å². The van der Waals surface area contributed by atoms with Crippen molar-refractivity contribution in [2.45, 2.75) is 37.8 Å². The summed E-state index contributed by atoms with van der Waals surface area (Å²) in [6.07, 6.45) is 5.10. The molecule has 0 bridgehead atoms. The van der Waals surface area contributed by atoms with Gasteiger partial charge in [-0.2, -0.15) is 0 Å². The second kappa shape index (κ2) is 6.78. The summed E-state index contributed by atoms with van der Waals surface area (Å²) in [5.41, 5.74) is 0. The summed E-state index contributed by atoms with van der Waals surface area (Å²) in [6.45, 7) is 3.92. The van der Waals surface area contributed by atoms with E-state index < -0.39 is 0 Å². The summed E-state index contributed by atoms with van der Waals surface area (Å²) in [5.74, 6) is 0.0650. The third-order valence-electron chi connectivity index (χ3n) is 3.57. The molecule has 0 aromatic rings. The van der Waals surface area contributed by atoms with Crippen LogP contribution in [-0.2, 0) is 4.79 Å². The second-order valence-corrected chi connectivity index (χ2v) is 5.85. The lowest BCUT2D eigenvalue weighted by atomic mass is 9.89. The van der Waals surface area contributed by atoms with E-state index in [0.717, 1.165) is 37.4 Å². The van der Waals surface area contributed by atoms with Crippen LogP contribution in [0.15, 0.2) is 12.7 Å². The van der Waals surface area contributed by atoms with Gasteiger partial charge in [-0.15, -0.1) is 6.58 Å². The Hall–Kier alpha value is -1.50. The van der Waals surface area contributed by atoms with Crippen LogP contribution < -0.4 is 10.6 Å². The van der Waals surface area contributed by atoms with Gasteiger partial charge in [0.05, 0.1) is 17.8 Å². The van der Waals surface area contributed by atoms with E-state index in [1.165, 1.54) is 4.90 Å². The molecule has 1 aliphatic heterocycles. The number of amides is 4. The fourth-order valence-corrected chi connectivity index (χ4v) is 3.42. The molecule has 0 spiro atoms. The summed E-state index contributed by atoms with van der Waals surface area (Å²) in [6, 6.07) is -0.665. The van der Waals surface area contributed by atoms with Gasteiger partial charge in [-0.3, -0.25) is 14.5 Å². The summed E-state index contributed by atoms with van der Waals surface area (Å²) in [7, 11) is 0. The van der Waals surface area contributed by atoms with Crippen LogP contribution in [0.1, 0.15) is 25.7 Å². The molecule has 6 nitrogen and oxygen atoms in total. The van der Waals surface area contributed by atoms with Gasteiger partial charge in [-0.1, -0.05) is 30.7 Å². The first kappa shape index (κ1) is 14.9. The molecular formula is C13H19N3O3S. The minimum absolute atomic E-state index is 0.148. The highest BCUT2D eigenvalue weighted by atomic mass is 32.2. The Bertz CT molecular complexity index is 411. The van der Waals surface area contributed by atoms with Crippen LogP contribution in [0.4, 0.5) is 9.59 Å². The van der Waals surface area contributed by atoms with Crippen molar-refractivity contribution in [3.05, 3.63) is 12.7 Å². The van der Waals surface area contributed by atoms with Gasteiger partial charge in [0.25, 0.3) is 5.24 Å². The van der Waals surface area contributed by atoms with E-state index in [4.69, 9.17) is 0 Å². The fourth-order valence-electron chi connectivity index (χ4n) is 2.66. The van der Waals surface area contributed by atoms with E-state index in [0.29, 0.717) is 6.54 Å². The maximum atomic E-state index is 11.8. The number of carbonyl (C=O) groups excluding carboxylic acids is 3. The van der Waals surface area contributed by atoms with Crippen LogP contribution in [0.5, 0.6) is 0 Å². The molecule has 0 radical (unpaired) electrons. The lowest BCUT2D eigenvalue weighted by Crippen LogP contribution is -2.56. The Kier molecular flexibility index (Phi) is 5.05. The monoisotopic (exact) mass is 297 g/mol. The van der Waals surface area contributed by atoms with E-state index in [1.807, 2.05) is 0 Å². The molecule has 2 rings (SSSR count). The van der Waals surface area contributed by atoms with Crippen LogP contribution in [0.3, 0.4) is 0 Å². The molecule has 1 aliphatic carbocycles. The molecule has 0 aromatic heterocycles. The molecular weight excluding hydrogens is 278 g/mol. The van der Waals surface area contributed by atoms with Crippen LogP contribution >= 0.6 is 11.8 Å². The largest absolute Gasteiger partial charge is 0.335 e. The zero-order chi connectivity index (χ0) is 14.5. The maximum absolute atomic E-state index is 11.8. The molecule has 1 saturated carbocycles. The molecule has 4 amide bonds. The number of thioether (sulfide) groups is 1. The van der Waals surface area contributed by atoms with Gasteiger partial charge in [-0.05, 0) is 12.8 Å². The van der Waals surface area contributed by atoms with Gasteiger partial charge in [0.1, 0.15) is 0 Å². The molecule has 1 saturated heterocycles. The minimum Gasteiger partial charge on any atom is -0.335 e. The summed E-state index contributed by atoms with van der Waals surface area (Å²) < 4.78 is 0. The Morgan fingerprint density at radius 1 is 1.40 bits per heavy atom. The number of urea groups is 1. The number of carbonyl (C=O) groups is 3.